The van der Waals surface area contributed by atoms with E-state index in [2.05, 4.69) is 29.0 Å². The van der Waals surface area contributed by atoms with Crippen molar-refractivity contribution in [1.29, 1.82) is 0 Å². The van der Waals surface area contributed by atoms with Crippen molar-refractivity contribution in [2.24, 2.45) is 11.8 Å². The van der Waals surface area contributed by atoms with Gasteiger partial charge in [0.1, 0.15) is 0 Å². The molecular weight excluding hydrogens is 253 g/mol. The van der Waals surface area contributed by atoms with E-state index in [0.717, 1.165) is 5.69 Å². The molecule has 1 aromatic heterocycles. The van der Waals surface area contributed by atoms with Crippen LogP contribution in [-0.2, 0) is 0 Å². The molecule has 1 aromatic rings. The largest absolute Gasteiger partial charge is 0.380 e. The molecule has 20 heavy (non-hydrogen) atoms. The lowest BCUT2D eigenvalue weighted by atomic mass is 9.73. The Balaban J connectivity index is 1.72. The number of nitrogens with zero attached hydrogens (tertiary/aromatic N) is 2. The molecule has 2 atom stereocenters. The Bertz CT molecular complexity index is 432. The van der Waals surface area contributed by atoms with Crippen LogP contribution in [0, 0.1) is 17.8 Å². The minimum atomic E-state index is -0.412. The highest BCUT2D eigenvalue weighted by Crippen LogP contribution is 2.37. The molecule has 110 valence electrons. The number of hydrogen-bond acceptors (Lipinski definition) is 3. The number of fused-ring (bicyclic) bond motifs is 2. The number of nitrogens with one attached hydrogen (secondary N) is 1. The van der Waals surface area contributed by atoms with Gasteiger partial charge < -0.3 is 10.2 Å². The van der Waals surface area contributed by atoms with E-state index in [4.69, 9.17) is 0 Å². The van der Waals surface area contributed by atoms with Crippen molar-refractivity contribution in [1.82, 2.24) is 9.88 Å². The zero-order valence-electron chi connectivity index (χ0n) is 12.3. The van der Waals surface area contributed by atoms with Gasteiger partial charge in [-0.2, -0.15) is 4.39 Å². The monoisotopic (exact) mass is 277 g/mol. The summed E-state index contributed by atoms with van der Waals surface area (Å²) in [4.78, 5) is 6.35. The topological polar surface area (TPSA) is 28.2 Å². The van der Waals surface area contributed by atoms with Crippen LogP contribution >= 0.6 is 0 Å². The van der Waals surface area contributed by atoms with Gasteiger partial charge in [-0.25, -0.2) is 4.98 Å². The number of likely N-dealkylation sites (tertiary alicyclic amines) is 1. The molecular formula is C16H24FN3. The fraction of sp³-hybridized carbons (Fsp3) is 0.688. The fourth-order valence-electron chi connectivity index (χ4n) is 3.78. The van der Waals surface area contributed by atoms with Crippen LogP contribution in [0.4, 0.5) is 10.1 Å². The number of hydrogen-bond donors (Lipinski definition) is 1. The standard InChI is InChI=1S/C16H24FN3/c1-11(2)20-9-12-4-3-5-13(10-20)16(12)19-14-6-7-15(17)18-8-14/h6-8,11-13,16,19H,3-5,9-10H2,1-2H3. The van der Waals surface area contributed by atoms with Gasteiger partial charge in [-0.05, 0) is 50.7 Å². The molecule has 1 aliphatic heterocycles. The molecule has 2 heterocycles. The summed E-state index contributed by atoms with van der Waals surface area (Å²) >= 11 is 0. The number of piperidine rings is 1. The Labute approximate surface area is 120 Å². The van der Waals surface area contributed by atoms with Gasteiger partial charge in [-0.3, -0.25) is 0 Å². The van der Waals surface area contributed by atoms with Crippen LogP contribution in [0.5, 0.6) is 0 Å². The average molecular weight is 277 g/mol. The van der Waals surface area contributed by atoms with Crippen molar-refractivity contribution in [3.8, 4) is 0 Å². The van der Waals surface area contributed by atoms with Crippen molar-refractivity contribution < 1.29 is 4.39 Å². The van der Waals surface area contributed by atoms with Crippen LogP contribution in [0.3, 0.4) is 0 Å². The first-order valence-corrected chi connectivity index (χ1v) is 7.75. The second-order valence-corrected chi connectivity index (χ2v) is 6.54. The van der Waals surface area contributed by atoms with Crippen LogP contribution in [0.2, 0.25) is 0 Å². The Morgan fingerprint density at radius 3 is 2.50 bits per heavy atom. The summed E-state index contributed by atoms with van der Waals surface area (Å²) in [7, 11) is 0. The van der Waals surface area contributed by atoms with Crippen LogP contribution < -0.4 is 5.32 Å². The molecule has 1 aliphatic carbocycles. The van der Waals surface area contributed by atoms with Crippen LogP contribution in [0.1, 0.15) is 33.1 Å². The molecule has 1 N–H and O–H groups in total. The minimum absolute atomic E-state index is 0.412. The summed E-state index contributed by atoms with van der Waals surface area (Å²) in [5.41, 5.74) is 0.950. The molecule has 1 saturated heterocycles. The molecule has 0 spiro atoms. The molecule has 0 aromatic carbocycles. The Morgan fingerprint density at radius 2 is 1.95 bits per heavy atom. The first-order valence-electron chi connectivity index (χ1n) is 7.75. The summed E-state index contributed by atoms with van der Waals surface area (Å²) in [5, 5.41) is 3.61. The SMILES string of the molecule is CC(C)N1CC2CCCC(C1)C2Nc1ccc(F)nc1. The maximum absolute atomic E-state index is 12.9. The second-order valence-electron chi connectivity index (χ2n) is 6.54. The summed E-state index contributed by atoms with van der Waals surface area (Å²) in [6.07, 6.45) is 5.55. The lowest BCUT2D eigenvalue weighted by molar-refractivity contribution is 0.0518. The third-order valence-electron chi connectivity index (χ3n) is 4.89. The highest BCUT2D eigenvalue weighted by Gasteiger charge is 2.39. The molecule has 3 rings (SSSR count). The van der Waals surface area contributed by atoms with Gasteiger partial charge in [0, 0.05) is 25.2 Å². The summed E-state index contributed by atoms with van der Waals surface area (Å²) in [6, 6.07) is 4.38. The van der Waals surface area contributed by atoms with E-state index >= 15 is 0 Å². The second kappa shape index (κ2) is 5.68. The highest BCUT2D eigenvalue weighted by atomic mass is 19.1. The predicted octanol–water partition coefficient (Wildman–Crippen LogP) is 3.14. The van der Waals surface area contributed by atoms with Crippen LogP contribution in [0.15, 0.2) is 18.3 Å². The molecule has 2 aliphatic rings. The van der Waals surface area contributed by atoms with Crippen molar-refractivity contribution >= 4 is 5.69 Å². The van der Waals surface area contributed by atoms with Crippen molar-refractivity contribution in [2.75, 3.05) is 18.4 Å². The normalized spacial score (nSPS) is 30.5. The molecule has 2 fully saturated rings. The third kappa shape index (κ3) is 2.80. The third-order valence-corrected chi connectivity index (χ3v) is 4.89. The van der Waals surface area contributed by atoms with Crippen molar-refractivity contribution in [3.63, 3.8) is 0 Å². The number of halogens is 1. The number of pyridine rings is 1. The Kier molecular flexibility index (Phi) is 3.92. The van der Waals surface area contributed by atoms with Gasteiger partial charge in [-0.15, -0.1) is 0 Å². The van der Waals surface area contributed by atoms with Gasteiger partial charge in [-0.1, -0.05) is 6.42 Å². The minimum Gasteiger partial charge on any atom is -0.380 e. The van der Waals surface area contributed by atoms with Gasteiger partial charge >= 0.3 is 0 Å². The first kappa shape index (κ1) is 13.8. The van der Waals surface area contributed by atoms with E-state index in [9.17, 15) is 4.39 Å². The number of rotatable bonds is 3. The lowest BCUT2D eigenvalue weighted by Gasteiger charge is -2.49. The van der Waals surface area contributed by atoms with Gasteiger partial charge in [0.05, 0.1) is 11.9 Å². The maximum atomic E-state index is 12.9. The molecule has 2 unspecified atom stereocenters. The molecule has 3 nitrogen and oxygen atoms in total. The first-order chi connectivity index (χ1) is 9.63. The summed E-state index contributed by atoms with van der Waals surface area (Å²) in [5.74, 6) is 0.996. The molecule has 4 heteroatoms. The Hall–Kier alpha value is -1.16. The molecule has 0 amide bonds. The van der Waals surface area contributed by atoms with E-state index in [1.165, 1.54) is 38.4 Å². The zero-order chi connectivity index (χ0) is 14.1. The van der Waals surface area contributed by atoms with Crippen molar-refractivity contribution in [3.05, 3.63) is 24.3 Å². The molecule has 1 saturated carbocycles. The summed E-state index contributed by atoms with van der Waals surface area (Å²) in [6.45, 7) is 6.93. The van der Waals surface area contributed by atoms with Crippen LogP contribution in [-0.4, -0.2) is 35.1 Å². The highest BCUT2D eigenvalue weighted by molar-refractivity contribution is 5.41. The Morgan fingerprint density at radius 1 is 1.25 bits per heavy atom. The van der Waals surface area contributed by atoms with Gasteiger partial charge in [0.25, 0.3) is 0 Å². The fourth-order valence-corrected chi connectivity index (χ4v) is 3.78. The zero-order valence-corrected chi connectivity index (χ0v) is 12.3. The van der Waals surface area contributed by atoms with Gasteiger partial charge in [0.15, 0.2) is 0 Å². The van der Waals surface area contributed by atoms with E-state index in [0.29, 0.717) is 23.9 Å². The van der Waals surface area contributed by atoms with E-state index in [1.54, 1.807) is 12.3 Å². The maximum Gasteiger partial charge on any atom is 0.212 e. The number of anilines is 1. The molecule has 0 radical (unpaired) electrons. The lowest BCUT2D eigenvalue weighted by Crippen LogP contribution is -2.56. The summed E-state index contributed by atoms with van der Waals surface area (Å²) < 4.78 is 12.9. The van der Waals surface area contributed by atoms with Crippen molar-refractivity contribution in [2.45, 2.75) is 45.2 Å². The quantitative estimate of drug-likeness (QED) is 0.860. The number of aromatic nitrogens is 1. The molecule has 2 bridgehead atoms. The van der Waals surface area contributed by atoms with E-state index in [-0.39, 0.29) is 0 Å². The van der Waals surface area contributed by atoms with E-state index in [1.807, 2.05) is 0 Å². The predicted molar refractivity (Wildman–Crippen MR) is 79.1 cm³/mol. The smallest absolute Gasteiger partial charge is 0.212 e. The van der Waals surface area contributed by atoms with E-state index < -0.39 is 5.95 Å². The van der Waals surface area contributed by atoms with Gasteiger partial charge in [0.2, 0.25) is 5.95 Å². The van der Waals surface area contributed by atoms with Crippen LogP contribution in [0.25, 0.3) is 0 Å². The average Bonchev–Trinajstić information content (AvgIpc) is 2.40.